The normalized spacial score (nSPS) is 11.7. The molecule has 3 rings (SSSR count). The highest BCUT2D eigenvalue weighted by atomic mass is 16.5. The molecule has 0 aliphatic carbocycles. The van der Waals surface area contributed by atoms with E-state index >= 15 is 0 Å². The van der Waals surface area contributed by atoms with Gasteiger partial charge in [0.25, 0.3) is 0 Å². The predicted molar refractivity (Wildman–Crippen MR) is 131 cm³/mol. The van der Waals surface area contributed by atoms with Crippen LogP contribution in [0.1, 0.15) is 37.5 Å². The largest absolute Gasteiger partial charge is 0.437 e. The number of carbonyl (C=O) groups is 1. The molecule has 0 saturated carbocycles. The van der Waals surface area contributed by atoms with Gasteiger partial charge in [-0.05, 0) is 54.9 Å². The Labute approximate surface area is 190 Å². The van der Waals surface area contributed by atoms with Crippen LogP contribution in [0.3, 0.4) is 0 Å². The molecule has 166 valence electrons. The number of benzene rings is 2. The molecule has 0 radical (unpaired) electrons. The van der Waals surface area contributed by atoms with Crippen LogP contribution in [-0.2, 0) is 16.8 Å². The second-order valence-electron chi connectivity index (χ2n) is 8.96. The number of hydrogen-bond donors (Lipinski definition) is 1. The van der Waals surface area contributed by atoms with Crippen molar-refractivity contribution in [1.82, 2.24) is 9.88 Å². The van der Waals surface area contributed by atoms with Crippen molar-refractivity contribution in [3.8, 4) is 11.6 Å². The molecule has 0 aliphatic heterocycles. The van der Waals surface area contributed by atoms with Crippen LogP contribution in [0.5, 0.6) is 11.6 Å². The van der Waals surface area contributed by atoms with Gasteiger partial charge in [-0.15, -0.1) is 0 Å². The number of nitrogens with one attached hydrogen (secondary N) is 1. The third-order valence-corrected chi connectivity index (χ3v) is 4.89. The van der Waals surface area contributed by atoms with E-state index in [9.17, 15) is 4.79 Å². The Morgan fingerprint density at radius 3 is 2.50 bits per heavy atom. The van der Waals surface area contributed by atoms with Crippen LogP contribution in [0.4, 0.5) is 5.69 Å². The molecule has 1 heterocycles. The Morgan fingerprint density at radius 2 is 1.75 bits per heavy atom. The first-order valence-corrected chi connectivity index (χ1v) is 10.7. The molecule has 3 aromatic rings. The van der Waals surface area contributed by atoms with Crippen LogP contribution in [0.15, 0.2) is 72.9 Å². The minimum absolute atomic E-state index is 0.0858. The van der Waals surface area contributed by atoms with Crippen molar-refractivity contribution in [3.05, 3.63) is 89.6 Å². The van der Waals surface area contributed by atoms with Crippen LogP contribution < -0.4 is 10.1 Å². The minimum Gasteiger partial charge on any atom is -0.437 e. The van der Waals surface area contributed by atoms with Gasteiger partial charge in [0.05, 0.1) is 0 Å². The number of anilines is 1. The van der Waals surface area contributed by atoms with Gasteiger partial charge in [0, 0.05) is 24.4 Å². The number of pyridine rings is 1. The number of para-hydroxylation sites is 1. The summed E-state index contributed by atoms with van der Waals surface area (Å²) in [5.41, 5.74) is 3.67. The maximum Gasteiger partial charge on any atom is 0.248 e. The van der Waals surface area contributed by atoms with Crippen molar-refractivity contribution in [2.24, 2.45) is 0 Å². The van der Waals surface area contributed by atoms with Crippen LogP contribution in [-0.4, -0.2) is 29.9 Å². The van der Waals surface area contributed by atoms with E-state index in [1.54, 1.807) is 18.3 Å². The predicted octanol–water partition coefficient (Wildman–Crippen LogP) is 5.88. The fourth-order valence-corrected chi connectivity index (χ4v) is 3.37. The Morgan fingerprint density at radius 1 is 1.03 bits per heavy atom. The summed E-state index contributed by atoms with van der Waals surface area (Å²) < 4.78 is 6.14. The molecule has 0 unspecified atom stereocenters. The Kier molecular flexibility index (Phi) is 7.44. The summed E-state index contributed by atoms with van der Waals surface area (Å²) in [6.45, 7) is 7.20. The number of rotatable bonds is 7. The summed E-state index contributed by atoms with van der Waals surface area (Å²) in [4.78, 5) is 19.1. The van der Waals surface area contributed by atoms with E-state index in [4.69, 9.17) is 4.74 Å². The van der Waals surface area contributed by atoms with Gasteiger partial charge in [0.15, 0.2) is 0 Å². The zero-order chi connectivity index (χ0) is 23.1. The van der Waals surface area contributed by atoms with E-state index in [2.05, 4.69) is 42.0 Å². The molecule has 5 heteroatoms. The first kappa shape index (κ1) is 23.2. The molecule has 0 atom stereocenters. The molecule has 0 saturated heterocycles. The highest BCUT2D eigenvalue weighted by Crippen LogP contribution is 2.35. The van der Waals surface area contributed by atoms with E-state index in [1.165, 1.54) is 6.08 Å². The Bertz CT molecular complexity index is 1100. The lowest BCUT2D eigenvalue weighted by molar-refractivity contribution is -0.111. The van der Waals surface area contributed by atoms with Crippen molar-refractivity contribution in [2.45, 2.75) is 32.7 Å². The molecule has 0 aliphatic rings. The van der Waals surface area contributed by atoms with Crippen molar-refractivity contribution in [2.75, 3.05) is 19.4 Å². The first-order valence-electron chi connectivity index (χ1n) is 10.7. The molecule has 0 spiro atoms. The number of carbonyl (C=O) groups excluding carboxylic acids is 1. The van der Waals surface area contributed by atoms with Crippen LogP contribution in [0.2, 0.25) is 0 Å². The zero-order valence-electron chi connectivity index (χ0n) is 19.4. The van der Waals surface area contributed by atoms with E-state index in [0.29, 0.717) is 11.6 Å². The number of hydrogen-bond acceptors (Lipinski definition) is 4. The molecule has 1 amide bonds. The number of nitrogens with zero attached hydrogens (tertiary/aromatic N) is 2. The lowest BCUT2D eigenvalue weighted by Gasteiger charge is -2.22. The van der Waals surface area contributed by atoms with Crippen LogP contribution in [0.25, 0.3) is 6.08 Å². The molecule has 2 aromatic carbocycles. The third kappa shape index (κ3) is 6.28. The van der Waals surface area contributed by atoms with Crippen LogP contribution >= 0.6 is 0 Å². The fraction of sp³-hybridized carbons (Fsp3) is 0.259. The monoisotopic (exact) mass is 429 g/mol. The second kappa shape index (κ2) is 10.2. The van der Waals surface area contributed by atoms with Crippen molar-refractivity contribution < 1.29 is 9.53 Å². The number of amides is 1. The quantitative estimate of drug-likeness (QED) is 0.476. The molecular weight excluding hydrogens is 398 g/mol. The van der Waals surface area contributed by atoms with E-state index in [1.807, 2.05) is 62.6 Å². The fourth-order valence-electron chi connectivity index (χ4n) is 3.37. The summed E-state index contributed by atoms with van der Waals surface area (Å²) in [6, 6.07) is 19.5. The molecule has 32 heavy (non-hydrogen) atoms. The molecule has 1 aromatic heterocycles. The minimum atomic E-state index is -0.244. The summed E-state index contributed by atoms with van der Waals surface area (Å²) in [5.74, 6) is 0.841. The summed E-state index contributed by atoms with van der Waals surface area (Å²) >= 11 is 0. The van der Waals surface area contributed by atoms with Gasteiger partial charge in [0.2, 0.25) is 11.8 Å². The zero-order valence-corrected chi connectivity index (χ0v) is 19.4. The Balaban J connectivity index is 1.78. The highest BCUT2D eigenvalue weighted by Gasteiger charge is 2.20. The SMILES string of the molecule is CN(C)Cc1ccccc1/C=C/C(=O)Nc1cccnc1Oc1ccccc1C(C)(C)C. The van der Waals surface area contributed by atoms with E-state index in [0.717, 1.165) is 29.0 Å². The lowest BCUT2D eigenvalue weighted by atomic mass is 9.86. The molecule has 5 nitrogen and oxygen atoms in total. The molecule has 1 N–H and O–H groups in total. The van der Waals surface area contributed by atoms with Gasteiger partial charge in [-0.1, -0.05) is 63.2 Å². The first-order chi connectivity index (χ1) is 15.2. The van der Waals surface area contributed by atoms with E-state index < -0.39 is 0 Å². The van der Waals surface area contributed by atoms with Gasteiger partial charge in [-0.25, -0.2) is 4.98 Å². The van der Waals surface area contributed by atoms with Gasteiger partial charge < -0.3 is 15.0 Å². The average Bonchev–Trinajstić information content (AvgIpc) is 2.74. The Hall–Kier alpha value is -3.44. The maximum atomic E-state index is 12.7. The molecule has 0 bridgehead atoms. The van der Waals surface area contributed by atoms with Gasteiger partial charge in [0.1, 0.15) is 11.4 Å². The van der Waals surface area contributed by atoms with Crippen molar-refractivity contribution >= 4 is 17.7 Å². The summed E-state index contributed by atoms with van der Waals surface area (Å²) in [7, 11) is 4.05. The lowest BCUT2D eigenvalue weighted by Crippen LogP contribution is -2.13. The third-order valence-electron chi connectivity index (χ3n) is 4.89. The number of ether oxygens (including phenoxy) is 1. The standard InChI is InChI=1S/C27H31N3O2/c1-27(2,3)22-13-8-9-15-24(22)32-26-23(14-10-18-28-26)29-25(31)17-16-20-11-6-7-12-21(20)19-30(4)5/h6-18H,19H2,1-5H3,(H,29,31)/b17-16+. The second-order valence-corrected chi connectivity index (χ2v) is 8.96. The van der Waals surface area contributed by atoms with Crippen LogP contribution in [0, 0.1) is 0 Å². The maximum absolute atomic E-state index is 12.7. The summed E-state index contributed by atoms with van der Waals surface area (Å²) in [5, 5.41) is 2.90. The van der Waals surface area contributed by atoms with Gasteiger partial charge >= 0.3 is 0 Å². The van der Waals surface area contributed by atoms with Crippen molar-refractivity contribution in [3.63, 3.8) is 0 Å². The van der Waals surface area contributed by atoms with Crippen molar-refractivity contribution in [1.29, 1.82) is 0 Å². The van der Waals surface area contributed by atoms with Gasteiger partial charge in [-0.2, -0.15) is 0 Å². The molecular formula is C27H31N3O2. The topological polar surface area (TPSA) is 54.5 Å². The summed E-state index contributed by atoms with van der Waals surface area (Å²) in [6.07, 6.45) is 5.02. The average molecular weight is 430 g/mol. The smallest absolute Gasteiger partial charge is 0.248 e. The van der Waals surface area contributed by atoms with Gasteiger partial charge in [-0.3, -0.25) is 4.79 Å². The van der Waals surface area contributed by atoms with E-state index in [-0.39, 0.29) is 11.3 Å². The number of aromatic nitrogens is 1. The highest BCUT2D eigenvalue weighted by molar-refractivity contribution is 6.02. The molecule has 0 fully saturated rings.